The van der Waals surface area contributed by atoms with Crippen LogP contribution < -0.4 is 10.6 Å². The minimum absolute atomic E-state index is 0.0187. The number of aliphatic carboxylic acids is 1. The topological polar surface area (TPSA) is 149 Å². The third kappa shape index (κ3) is 9.66. The molecule has 3 amide bonds. The lowest BCUT2D eigenvalue weighted by Crippen LogP contribution is -2.53. The number of carbonyl (C=O) groups is 5. The molecule has 5 rings (SSSR count). The highest BCUT2D eigenvalue weighted by Gasteiger charge is 2.59. The van der Waals surface area contributed by atoms with E-state index in [1.54, 1.807) is 24.3 Å². The van der Waals surface area contributed by atoms with Gasteiger partial charge < -0.3 is 20.6 Å². The van der Waals surface area contributed by atoms with E-state index in [0.29, 0.717) is 23.8 Å². The molecule has 1 aromatic heterocycles. The zero-order valence-corrected chi connectivity index (χ0v) is 33.2. The molecule has 3 heterocycles. The van der Waals surface area contributed by atoms with Crippen molar-refractivity contribution in [1.29, 1.82) is 0 Å². The average Bonchev–Trinajstić information content (AvgIpc) is 3.78. The van der Waals surface area contributed by atoms with Gasteiger partial charge in [-0.3, -0.25) is 28.9 Å². The van der Waals surface area contributed by atoms with Crippen LogP contribution in [-0.4, -0.2) is 87.6 Å². The van der Waals surface area contributed by atoms with Gasteiger partial charge in [-0.25, -0.2) is 4.98 Å². The Morgan fingerprint density at radius 1 is 1.06 bits per heavy atom. The summed E-state index contributed by atoms with van der Waals surface area (Å²) in [5, 5.41) is 17.8. The van der Waals surface area contributed by atoms with Gasteiger partial charge in [0.05, 0.1) is 17.5 Å². The first-order chi connectivity index (χ1) is 24.4. The molecule has 1 aromatic carbocycles. The van der Waals surface area contributed by atoms with Gasteiger partial charge in [0, 0.05) is 50.3 Å². The van der Waals surface area contributed by atoms with Crippen LogP contribution in [0.4, 0.5) is 0 Å². The third-order valence-electron chi connectivity index (χ3n) is 11.6. The van der Waals surface area contributed by atoms with Gasteiger partial charge in [0.1, 0.15) is 10.7 Å². The van der Waals surface area contributed by atoms with Crippen LogP contribution >= 0.6 is 11.3 Å². The fraction of sp³-hybridized carbons (Fsp3) is 0.650. The van der Waals surface area contributed by atoms with Crippen molar-refractivity contribution in [2.45, 2.75) is 117 Å². The second kappa shape index (κ2) is 17.5. The second-order valence-corrected chi connectivity index (χ2v) is 16.9. The van der Waals surface area contributed by atoms with Crippen molar-refractivity contribution in [3.8, 4) is 0 Å². The normalized spacial score (nSPS) is 21.7. The number of nitrogens with zero attached hydrogens (tertiary/aromatic N) is 3. The van der Waals surface area contributed by atoms with Gasteiger partial charge in [-0.1, -0.05) is 70.9 Å². The third-order valence-corrected chi connectivity index (χ3v) is 12.6. The Kier molecular flexibility index (Phi) is 13.8. The number of aromatic nitrogens is 1. The summed E-state index contributed by atoms with van der Waals surface area (Å²) in [6, 6.07) is 6.64. The van der Waals surface area contributed by atoms with Crippen molar-refractivity contribution >= 4 is 40.8 Å². The van der Waals surface area contributed by atoms with E-state index in [-0.39, 0.29) is 54.0 Å². The number of rotatable bonds is 19. The molecule has 3 fully saturated rings. The second-order valence-electron chi connectivity index (χ2n) is 16.0. The first-order valence-electron chi connectivity index (χ1n) is 18.8. The van der Waals surface area contributed by atoms with Crippen LogP contribution in [0, 0.1) is 36.5 Å². The van der Waals surface area contributed by atoms with Crippen molar-refractivity contribution in [2.24, 2.45) is 29.6 Å². The number of carboxylic acids is 1. The molecule has 12 heteroatoms. The maximum Gasteiger partial charge on any atom is 0.306 e. The highest BCUT2D eigenvalue weighted by molar-refractivity contribution is 7.09. The van der Waals surface area contributed by atoms with Gasteiger partial charge in [-0.2, -0.15) is 0 Å². The van der Waals surface area contributed by atoms with Crippen LogP contribution in [0.1, 0.15) is 113 Å². The lowest BCUT2D eigenvalue weighted by atomic mass is 9.68. The van der Waals surface area contributed by atoms with Gasteiger partial charge in [0.2, 0.25) is 11.8 Å². The number of hydrogen-bond acceptors (Lipinski definition) is 8. The van der Waals surface area contributed by atoms with Crippen LogP contribution in [0.5, 0.6) is 0 Å². The first-order valence-corrected chi connectivity index (χ1v) is 19.7. The molecular formula is C40H59N5O6S. The highest BCUT2D eigenvalue weighted by Crippen LogP contribution is 2.51. The number of nitrogens with one attached hydrogen (secondary N) is 2. The van der Waals surface area contributed by atoms with Crippen LogP contribution in [0.15, 0.2) is 29.6 Å². The number of amides is 3. The molecule has 0 unspecified atom stereocenters. The number of carboxylic acid groups (broad SMARTS) is 1. The summed E-state index contributed by atoms with van der Waals surface area (Å²) in [6.07, 6.45) is 3.84. The summed E-state index contributed by atoms with van der Waals surface area (Å²) in [5.41, 5.74) is 1.85. The predicted molar refractivity (Wildman–Crippen MR) is 203 cm³/mol. The summed E-state index contributed by atoms with van der Waals surface area (Å²) in [4.78, 5) is 74.4. The van der Waals surface area contributed by atoms with E-state index in [1.165, 1.54) is 18.3 Å². The summed E-state index contributed by atoms with van der Waals surface area (Å²) in [7, 11) is 3.81. The van der Waals surface area contributed by atoms with Gasteiger partial charge in [0.15, 0.2) is 5.78 Å². The molecule has 0 radical (unpaired) electrons. The zero-order valence-electron chi connectivity index (χ0n) is 32.4. The number of ketones is 1. The van der Waals surface area contributed by atoms with Gasteiger partial charge in [-0.15, -0.1) is 11.3 Å². The SMILES string of the molecule is CC[C@H](C)[C@H](CC(=O)C12CC(CN1C)C2)C(=O)N(C)[C@H](C[C@@H](NC(C)=O)c1nc(C(=O)N[C@@H](Cc2ccc(C)cc2)C[C@H](C)C(=O)O)cs1)C(C)C. The first kappa shape index (κ1) is 41.1. The molecule has 2 aliphatic heterocycles. The summed E-state index contributed by atoms with van der Waals surface area (Å²) in [6.45, 7) is 14.2. The van der Waals surface area contributed by atoms with E-state index >= 15 is 0 Å². The summed E-state index contributed by atoms with van der Waals surface area (Å²) < 4.78 is 0. The quantitative estimate of drug-likeness (QED) is 0.167. The molecule has 0 spiro atoms. The largest absolute Gasteiger partial charge is 0.481 e. The Labute approximate surface area is 313 Å². The van der Waals surface area contributed by atoms with Gasteiger partial charge in [0.25, 0.3) is 5.91 Å². The Morgan fingerprint density at radius 3 is 2.25 bits per heavy atom. The molecule has 286 valence electrons. The molecular weight excluding hydrogens is 679 g/mol. The van der Waals surface area contributed by atoms with Crippen LogP contribution in [0.3, 0.4) is 0 Å². The van der Waals surface area contributed by atoms with E-state index in [2.05, 4.69) is 27.4 Å². The fourth-order valence-corrected chi connectivity index (χ4v) is 8.96. The Balaban J connectivity index is 1.51. The van der Waals surface area contributed by atoms with Crippen molar-refractivity contribution in [3.05, 3.63) is 51.5 Å². The Bertz CT molecular complexity index is 1580. The molecule has 6 atom stereocenters. The number of Topliss-reactive ketones (excluding diaryl/α,β-unsaturated/α-hetero) is 1. The molecule has 1 saturated carbocycles. The maximum atomic E-state index is 14.3. The van der Waals surface area contributed by atoms with Crippen LogP contribution in [0.2, 0.25) is 0 Å². The number of benzene rings is 1. The van der Waals surface area contributed by atoms with Gasteiger partial charge in [-0.05, 0) is 69.4 Å². The number of aryl methyl sites for hydroxylation is 1. The van der Waals surface area contributed by atoms with Crippen molar-refractivity contribution in [1.82, 2.24) is 25.4 Å². The number of hydrogen-bond donors (Lipinski definition) is 3. The number of fused-ring (bicyclic) bond motifs is 1. The van der Waals surface area contributed by atoms with Crippen LogP contribution in [-0.2, 0) is 25.6 Å². The number of likely N-dealkylation sites (N-methyl/N-ethyl adjacent to an activating group) is 1. The average molecular weight is 738 g/mol. The molecule has 2 saturated heterocycles. The minimum Gasteiger partial charge on any atom is -0.481 e. The lowest BCUT2D eigenvalue weighted by molar-refractivity contribution is -0.144. The fourth-order valence-electron chi connectivity index (χ4n) is 8.10. The van der Waals surface area contributed by atoms with E-state index in [0.717, 1.165) is 36.9 Å². The molecule has 2 bridgehead atoms. The Hall–Kier alpha value is -3.64. The van der Waals surface area contributed by atoms with E-state index in [4.69, 9.17) is 0 Å². The van der Waals surface area contributed by atoms with Crippen molar-refractivity contribution < 1.29 is 29.1 Å². The Morgan fingerprint density at radius 2 is 1.71 bits per heavy atom. The van der Waals surface area contributed by atoms with Crippen LogP contribution in [0.25, 0.3) is 0 Å². The smallest absolute Gasteiger partial charge is 0.306 e. The lowest BCUT2D eigenvalue weighted by Gasteiger charge is -2.41. The maximum absolute atomic E-state index is 14.3. The molecule has 1 aliphatic carbocycles. The van der Waals surface area contributed by atoms with Crippen molar-refractivity contribution in [2.75, 3.05) is 20.6 Å². The minimum atomic E-state index is -0.930. The van der Waals surface area contributed by atoms with Crippen molar-refractivity contribution in [3.63, 3.8) is 0 Å². The van der Waals surface area contributed by atoms with E-state index in [9.17, 15) is 29.1 Å². The molecule has 3 aliphatic rings. The molecule has 52 heavy (non-hydrogen) atoms. The highest BCUT2D eigenvalue weighted by atomic mass is 32.1. The van der Waals surface area contributed by atoms with E-state index < -0.39 is 41.3 Å². The van der Waals surface area contributed by atoms with E-state index in [1.807, 2.05) is 59.0 Å². The van der Waals surface area contributed by atoms with Gasteiger partial charge >= 0.3 is 5.97 Å². The standard InChI is InChI=1S/C40H59N5O6S/c1-10-25(5)31(17-35(47)40-19-29(20-40)21-44(40)8)38(49)45(9)34(23(2)3)18-32(41-27(7)46)37-43-33(22-52-37)36(48)42-30(15-26(6)39(50)51)16-28-13-11-24(4)12-14-28/h11-14,22-23,25-26,29-32,34H,10,15-21H2,1-9H3,(H,41,46)(H,42,48)(H,50,51)/t25-,26-,29?,30+,31-,32+,34+,40?/m0/s1. The number of thiazole rings is 1. The zero-order chi connectivity index (χ0) is 38.5. The summed E-state index contributed by atoms with van der Waals surface area (Å²) >= 11 is 1.26. The molecule has 11 nitrogen and oxygen atoms in total. The predicted octanol–water partition coefficient (Wildman–Crippen LogP) is 5.67. The molecule has 2 aromatic rings. The summed E-state index contributed by atoms with van der Waals surface area (Å²) in [5.74, 6) is -2.00. The number of carbonyl (C=O) groups excluding carboxylic acids is 4. The molecule has 3 N–H and O–H groups in total. The monoisotopic (exact) mass is 737 g/mol.